The summed E-state index contributed by atoms with van der Waals surface area (Å²) in [5.41, 5.74) is 7.94. The van der Waals surface area contributed by atoms with Crippen LogP contribution in [0.2, 0.25) is 0 Å². The van der Waals surface area contributed by atoms with E-state index in [0.717, 1.165) is 5.56 Å². The van der Waals surface area contributed by atoms with Gasteiger partial charge in [-0.3, -0.25) is 0 Å². The second-order valence-corrected chi connectivity index (χ2v) is 7.75. The van der Waals surface area contributed by atoms with Gasteiger partial charge in [-0.2, -0.15) is 4.31 Å². The van der Waals surface area contributed by atoms with Crippen molar-refractivity contribution in [3.05, 3.63) is 35.6 Å². The van der Waals surface area contributed by atoms with Crippen LogP contribution in [0.3, 0.4) is 0 Å². The predicted octanol–water partition coefficient (Wildman–Crippen LogP) is 2.90. The molecule has 1 N–H and O–H groups in total. The molecule has 0 bridgehead atoms. The van der Waals surface area contributed by atoms with Crippen molar-refractivity contribution in [2.75, 3.05) is 13.1 Å². The maximum Gasteiger partial charge on any atom is 0.252 e. The quantitative estimate of drug-likeness (QED) is 0.861. The monoisotopic (exact) mass is 315 g/mol. The number of alkyl halides is 2. The molecule has 1 aliphatic carbocycles. The number of halogens is 2. The van der Waals surface area contributed by atoms with E-state index in [4.69, 9.17) is 5.73 Å². The number of sulfonamides is 1. The van der Waals surface area contributed by atoms with Crippen molar-refractivity contribution in [2.45, 2.75) is 30.2 Å². The lowest BCUT2D eigenvalue weighted by Crippen LogP contribution is -2.33. The minimum Gasteiger partial charge on any atom is -0.674 e. The Kier molecular flexibility index (Phi) is 3.54. The third-order valence-corrected chi connectivity index (χ3v) is 6.41. The second-order valence-electron chi connectivity index (χ2n) is 5.81. The summed E-state index contributed by atoms with van der Waals surface area (Å²) < 4.78 is 53.6. The second kappa shape index (κ2) is 5.00. The van der Waals surface area contributed by atoms with Crippen LogP contribution < -0.4 is 0 Å². The molecule has 21 heavy (non-hydrogen) atoms. The third kappa shape index (κ3) is 2.47. The fraction of sp³-hybridized carbons (Fsp3) is 0.571. The standard InChI is InChI=1S/C14H17F2N2O2S/c15-14(16)6-5-11-8-18(9-13(11)14)21(19,20)12-3-1-10(7-17)2-4-12/h1-4,11,13,17H,5-9H2/q-1. The highest BCUT2D eigenvalue weighted by Gasteiger charge is 2.55. The molecule has 0 amide bonds. The largest absolute Gasteiger partial charge is 0.674 e. The molecular weight excluding hydrogens is 298 g/mol. The molecule has 1 aromatic carbocycles. The molecule has 3 rings (SSSR count). The Morgan fingerprint density at radius 3 is 2.48 bits per heavy atom. The van der Waals surface area contributed by atoms with Crippen LogP contribution >= 0.6 is 0 Å². The minimum atomic E-state index is -3.72. The van der Waals surface area contributed by atoms with E-state index in [-0.39, 0.29) is 36.9 Å². The van der Waals surface area contributed by atoms with E-state index in [2.05, 4.69) is 0 Å². The van der Waals surface area contributed by atoms with E-state index in [0.29, 0.717) is 6.42 Å². The van der Waals surface area contributed by atoms with Crippen LogP contribution in [0, 0.1) is 11.8 Å². The van der Waals surface area contributed by atoms with Crippen molar-refractivity contribution in [2.24, 2.45) is 11.8 Å². The molecule has 0 spiro atoms. The Balaban J connectivity index is 1.83. The first kappa shape index (κ1) is 14.9. The van der Waals surface area contributed by atoms with Crippen LogP contribution in [0.5, 0.6) is 0 Å². The lowest BCUT2D eigenvalue weighted by molar-refractivity contribution is -0.0376. The molecule has 116 valence electrons. The molecule has 1 saturated heterocycles. The van der Waals surface area contributed by atoms with Gasteiger partial charge in [-0.1, -0.05) is 17.7 Å². The maximum atomic E-state index is 13.7. The number of hydrogen-bond acceptors (Lipinski definition) is 2. The summed E-state index contributed by atoms with van der Waals surface area (Å²) in [6.45, 7) is 0.170. The Morgan fingerprint density at radius 2 is 1.90 bits per heavy atom. The van der Waals surface area contributed by atoms with Gasteiger partial charge in [0.25, 0.3) is 5.92 Å². The summed E-state index contributed by atoms with van der Waals surface area (Å²) in [5.74, 6) is -3.83. The van der Waals surface area contributed by atoms with Crippen LogP contribution in [0.1, 0.15) is 18.4 Å². The molecule has 2 fully saturated rings. The number of fused-ring (bicyclic) bond motifs is 1. The zero-order chi connectivity index (χ0) is 15.3. The van der Waals surface area contributed by atoms with Gasteiger partial charge < -0.3 is 5.73 Å². The average molecular weight is 315 g/mol. The fourth-order valence-electron chi connectivity index (χ4n) is 3.29. The minimum absolute atomic E-state index is 0.0837. The maximum absolute atomic E-state index is 13.7. The molecule has 7 heteroatoms. The third-order valence-electron chi connectivity index (χ3n) is 4.56. The highest BCUT2D eigenvalue weighted by Crippen LogP contribution is 2.49. The van der Waals surface area contributed by atoms with E-state index in [1.54, 1.807) is 12.1 Å². The molecule has 2 atom stereocenters. The first-order valence-electron chi connectivity index (χ1n) is 6.96. The molecule has 2 unspecified atom stereocenters. The summed E-state index contributed by atoms with van der Waals surface area (Å²) in [7, 11) is -3.72. The van der Waals surface area contributed by atoms with Gasteiger partial charge in [0.15, 0.2) is 0 Å². The first-order chi connectivity index (χ1) is 9.84. The molecule has 1 aliphatic heterocycles. The van der Waals surface area contributed by atoms with Crippen molar-refractivity contribution < 1.29 is 17.2 Å². The first-order valence-corrected chi connectivity index (χ1v) is 8.40. The predicted molar refractivity (Wildman–Crippen MR) is 74.4 cm³/mol. The van der Waals surface area contributed by atoms with Gasteiger partial charge >= 0.3 is 0 Å². The molecule has 0 aromatic heterocycles. The molecule has 1 heterocycles. The van der Waals surface area contributed by atoms with Gasteiger partial charge in [-0.15, -0.1) is 6.54 Å². The summed E-state index contributed by atoms with van der Waals surface area (Å²) in [6.07, 6.45) is 0.260. The van der Waals surface area contributed by atoms with E-state index >= 15 is 0 Å². The van der Waals surface area contributed by atoms with Crippen molar-refractivity contribution in [3.63, 3.8) is 0 Å². The zero-order valence-corrected chi connectivity index (χ0v) is 12.2. The van der Waals surface area contributed by atoms with Crippen molar-refractivity contribution in [1.29, 1.82) is 0 Å². The van der Waals surface area contributed by atoms with Gasteiger partial charge in [0.1, 0.15) is 0 Å². The lowest BCUT2D eigenvalue weighted by atomic mass is 9.99. The van der Waals surface area contributed by atoms with Crippen molar-refractivity contribution in [1.82, 2.24) is 4.31 Å². The van der Waals surface area contributed by atoms with Crippen LogP contribution in [-0.2, 0) is 16.6 Å². The zero-order valence-electron chi connectivity index (χ0n) is 11.4. The van der Waals surface area contributed by atoms with E-state index < -0.39 is 21.9 Å². The normalized spacial score (nSPS) is 28.7. The average Bonchev–Trinajstić information content (AvgIpc) is 3.01. The van der Waals surface area contributed by atoms with E-state index in [9.17, 15) is 17.2 Å². The molecule has 0 radical (unpaired) electrons. The van der Waals surface area contributed by atoms with Gasteiger partial charge in [0.05, 0.1) is 4.90 Å². The molecule has 1 saturated carbocycles. The van der Waals surface area contributed by atoms with E-state index in [1.807, 2.05) is 0 Å². The van der Waals surface area contributed by atoms with Crippen molar-refractivity contribution in [3.8, 4) is 0 Å². The highest BCUT2D eigenvalue weighted by atomic mass is 32.2. The van der Waals surface area contributed by atoms with Gasteiger partial charge in [-0.05, 0) is 24.5 Å². The number of benzene rings is 1. The van der Waals surface area contributed by atoms with Gasteiger partial charge in [0.2, 0.25) is 10.0 Å². The van der Waals surface area contributed by atoms with Crippen LogP contribution in [0.4, 0.5) is 8.78 Å². The number of hydrogen-bond donors (Lipinski definition) is 0. The summed E-state index contributed by atoms with van der Waals surface area (Å²) in [4.78, 5) is 0.114. The summed E-state index contributed by atoms with van der Waals surface area (Å²) in [5, 5.41) is 0. The number of nitrogens with one attached hydrogen (secondary N) is 1. The molecule has 2 aliphatic rings. The van der Waals surface area contributed by atoms with Gasteiger partial charge in [0, 0.05) is 25.4 Å². The highest BCUT2D eigenvalue weighted by molar-refractivity contribution is 7.89. The molecular formula is C14H17F2N2O2S-. The smallest absolute Gasteiger partial charge is 0.252 e. The SMILES string of the molecule is [NH-]Cc1ccc(S(=O)(=O)N2CC3CCC(F)(F)C3C2)cc1. The van der Waals surface area contributed by atoms with Crippen LogP contribution in [0.15, 0.2) is 29.2 Å². The van der Waals surface area contributed by atoms with Crippen LogP contribution in [-0.4, -0.2) is 31.7 Å². The molecule has 4 nitrogen and oxygen atoms in total. The Bertz CT molecular complexity index is 631. The van der Waals surface area contributed by atoms with E-state index in [1.165, 1.54) is 16.4 Å². The molecule has 1 aromatic rings. The Hall–Kier alpha value is -1.05. The Morgan fingerprint density at radius 1 is 1.24 bits per heavy atom. The lowest BCUT2D eigenvalue weighted by Gasteiger charge is -2.20. The number of nitrogens with zero attached hydrogens (tertiary/aromatic N) is 1. The van der Waals surface area contributed by atoms with Gasteiger partial charge in [-0.25, -0.2) is 17.2 Å². The Labute approximate surface area is 123 Å². The van der Waals surface area contributed by atoms with Crippen LogP contribution in [0.25, 0.3) is 5.73 Å². The number of rotatable bonds is 3. The summed E-state index contributed by atoms with van der Waals surface area (Å²) >= 11 is 0. The fourth-order valence-corrected chi connectivity index (χ4v) is 4.81. The summed E-state index contributed by atoms with van der Waals surface area (Å²) in [6, 6.07) is 6.08. The topological polar surface area (TPSA) is 61.2 Å². The van der Waals surface area contributed by atoms with Crippen molar-refractivity contribution >= 4 is 10.0 Å².